The van der Waals surface area contributed by atoms with Crippen LogP contribution in [-0.2, 0) is 19.2 Å². The molecule has 0 saturated carbocycles. The van der Waals surface area contributed by atoms with E-state index in [0.717, 1.165) is 5.69 Å². The van der Waals surface area contributed by atoms with Crippen molar-refractivity contribution in [2.75, 3.05) is 5.01 Å². The summed E-state index contributed by atoms with van der Waals surface area (Å²) in [4.78, 5) is 48.8. The molecule has 0 aromatic heterocycles. The van der Waals surface area contributed by atoms with Crippen molar-refractivity contribution in [3.05, 3.63) is 30.3 Å². The fourth-order valence-electron chi connectivity index (χ4n) is 4.43. The molecule has 4 aliphatic heterocycles. The highest BCUT2D eigenvalue weighted by Crippen LogP contribution is 2.51. The monoisotopic (exact) mass is 312 g/mol. The molecule has 4 amide bonds. The number of anilines is 1. The standard InChI is InChI=1S/C15H12N4O4/c20-12-7-9-8-11(15(23)17-13(8)21)19(10(7)14(22)16-12)18(9)6-4-2-1-3-5-6/h1-5,7-11H,(H,16,20,22)(H,17,21,23)/t7-,8-,10+,11+/m1/s1. The van der Waals surface area contributed by atoms with Gasteiger partial charge < -0.3 is 0 Å². The quantitative estimate of drug-likeness (QED) is 0.605. The highest BCUT2D eigenvalue weighted by atomic mass is 16.2. The molecule has 0 aliphatic carbocycles. The summed E-state index contributed by atoms with van der Waals surface area (Å²) < 4.78 is 0. The van der Waals surface area contributed by atoms with E-state index in [2.05, 4.69) is 10.6 Å². The van der Waals surface area contributed by atoms with Crippen LogP contribution in [0.1, 0.15) is 0 Å². The van der Waals surface area contributed by atoms with Crippen molar-refractivity contribution in [2.24, 2.45) is 11.8 Å². The second-order valence-electron chi connectivity index (χ2n) is 6.20. The Bertz CT molecular complexity index is 693. The first-order valence-electron chi connectivity index (χ1n) is 7.41. The molecule has 2 N–H and O–H groups in total. The first kappa shape index (κ1) is 12.8. The first-order valence-corrected chi connectivity index (χ1v) is 7.41. The van der Waals surface area contributed by atoms with Crippen LogP contribution >= 0.6 is 0 Å². The van der Waals surface area contributed by atoms with Crippen molar-refractivity contribution < 1.29 is 19.2 Å². The topological polar surface area (TPSA) is 98.8 Å². The van der Waals surface area contributed by atoms with Gasteiger partial charge in [-0.1, -0.05) is 18.2 Å². The van der Waals surface area contributed by atoms with Gasteiger partial charge in [0.25, 0.3) is 0 Å². The number of nitrogens with zero attached hydrogens (tertiary/aromatic N) is 2. The summed E-state index contributed by atoms with van der Waals surface area (Å²) in [5.41, 5.74) is 0.766. The van der Waals surface area contributed by atoms with Gasteiger partial charge in [0.2, 0.25) is 23.6 Å². The third kappa shape index (κ3) is 1.35. The van der Waals surface area contributed by atoms with Gasteiger partial charge in [-0.25, -0.2) is 0 Å². The van der Waals surface area contributed by atoms with Crippen LogP contribution in [0, 0.1) is 11.8 Å². The van der Waals surface area contributed by atoms with Gasteiger partial charge in [0.05, 0.1) is 23.6 Å². The molecule has 0 radical (unpaired) electrons. The third-order valence-electron chi connectivity index (χ3n) is 5.17. The minimum absolute atomic E-state index is 0.376. The highest BCUT2D eigenvalue weighted by Gasteiger charge is 2.73. The number of hydrazine groups is 1. The first-order chi connectivity index (χ1) is 11.1. The van der Waals surface area contributed by atoms with E-state index >= 15 is 0 Å². The number of piperidine rings is 1. The number of hydrogen-bond donors (Lipinski definition) is 2. The number of nitrogens with one attached hydrogen (secondary N) is 2. The summed E-state index contributed by atoms with van der Waals surface area (Å²) in [6.07, 6.45) is 0. The summed E-state index contributed by atoms with van der Waals surface area (Å²) >= 11 is 0. The molecular weight excluding hydrogens is 300 g/mol. The number of amides is 4. The van der Waals surface area contributed by atoms with Crippen molar-refractivity contribution in [2.45, 2.75) is 18.1 Å². The molecule has 1 aromatic carbocycles. The molecule has 4 aliphatic rings. The maximum absolute atomic E-state index is 12.2. The molecule has 0 unspecified atom stereocenters. The Labute approximate surface area is 130 Å². The number of fused-ring (bicyclic) bond motifs is 8. The Kier molecular flexibility index (Phi) is 2.20. The van der Waals surface area contributed by atoms with E-state index in [1.807, 2.05) is 30.3 Å². The van der Waals surface area contributed by atoms with E-state index in [4.69, 9.17) is 0 Å². The fraction of sp³-hybridized carbons (Fsp3) is 0.333. The molecular formula is C15H12N4O4. The van der Waals surface area contributed by atoms with Crippen molar-refractivity contribution >= 4 is 29.3 Å². The lowest BCUT2D eigenvalue weighted by atomic mass is 9.80. The number of hydrogen-bond acceptors (Lipinski definition) is 6. The molecule has 1 aromatic rings. The molecule has 0 spiro atoms. The van der Waals surface area contributed by atoms with Gasteiger partial charge in [-0.15, -0.1) is 0 Å². The molecule has 4 atom stereocenters. The molecule has 4 heterocycles. The van der Waals surface area contributed by atoms with Gasteiger partial charge in [0.15, 0.2) is 0 Å². The largest absolute Gasteiger partial charge is 0.299 e. The summed E-state index contributed by atoms with van der Waals surface area (Å²) in [5, 5.41) is 8.05. The smallest absolute Gasteiger partial charge is 0.246 e. The maximum Gasteiger partial charge on any atom is 0.246 e. The van der Waals surface area contributed by atoms with E-state index in [1.54, 1.807) is 10.0 Å². The van der Waals surface area contributed by atoms with Gasteiger partial charge >= 0.3 is 0 Å². The normalized spacial score (nSPS) is 40.3. The minimum Gasteiger partial charge on any atom is -0.299 e. The SMILES string of the molecule is O=C1NC(=O)[C@@H]2[C@H]1C1[C@H]3C(=O)NC(=O)[C@H]3N2N1c1ccccc1. The van der Waals surface area contributed by atoms with Crippen molar-refractivity contribution in [3.8, 4) is 0 Å². The summed E-state index contributed by atoms with van der Waals surface area (Å²) in [7, 11) is 0. The Morgan fingerprint density at radius 3 is 1.78 bits per heavy atom. The summed E-state index contributed by atoms with van der Waals surface area (Å²) in [6.45, 7) is 0. The van der Waals surface area contributed by atoms with Crippen LogP contribution in [0.3, 0.4) is 0 Å². The van der Waals surface area contributed by atoms with Crippen LogP contribution in [0.15, 0.2) is 30.3 Å². The van der Waals surface area contributed by atoms with E-state index < -0.39 is 41.8 Å². The predicted molar refractivity (Wildman–Crippen MR) is 75.4 cm³/mol. The molecule has 8 heteroatoms. The van der Waals surface area contributed by atoms with Crippen molar-refractivity contribution in [1.29, 1.82) is 0 Å². The Balaban J connectivity index is 1.70. The van der Waals surface area contributed by atoms with Crippen LogP contribution in [-0.4, -0.2) is 46.8 Å². The zero-order valence-corrected chi connectivity index (χ0v) is 11.8. The molecule has 2 bridgehead atoms. The molecule has 4 fully saturated rings. The van der Waals surface area contributed by atoms with Gasteiger partial charge in [-0.3, -0.25) is 34.8 Å². The maximum atomic E-state index is 12.2. The Hall–Kier alpha value is -2.74. The zero-order valence-electron chi connectivity index (χ0n) is 11.8. The van der Waals surface area contributed by atoms with Gasteiger partial charge in [-0.05, 0) is 12.1 Å². The van der Waals surface area contributed by atoms with Gasteiger partial charge in [0, 0.05) is 0 Å². The van der Waals surface area contributed by atoms with Crippen LogP contribution < -0.4 is 15.6 Å². The number of benzene rings is 1. The average Bonchev–Trinajstić information content (AvgIpc) is 3.21. The van der Waals surface area contributed by atoms with Gasteiger partial charge in [-0.2, -0.15) is 5.01 Å². The Morgan fingerprint density at radius 1 is 0.739 bits per heavy atom. The second kappa shape index (κ2) is 3.96. The minimum atomic E-state index is -0.731. The fourth-order valence-corrected chi connectivity index (χ4v) is 4.43. The predicted octanol–water partition coefficient (Wildman–Crippen LogP) is -1.61. The van der Waals surface area contributed by atoms with E-state index in [1.165, 1.54) is 0 Å². The van der Waals surface area contributed by atoms with E-state index in [9.17, 15) is 19.2 Å². The van der Waals surface area contributed by atoms with Crippen LogP contribution in [0.2, 0.25) is 0 Å². The van der Waals surface area contributed by atoms with Crippen LogP contribution in [0.5, 0.6) is 0 Å². The lowest BCUT2D eigenvalue weighted by Gasteiger charge is -2.31. The summed E-state index contributed by atoms with van der Waals surface area (Å²) in [5.74, 6) is -2.85. The number of imide groups is 2. The molecule has 23 heavy (non-hydrogen) atoms. The lowest BCUT2D eigenvalue weighted by Crippen LogP contribution is -2.52. The lowest BCUT2D eigenvalue weighted by molar-refractivity contribution is -0.129. The number of rotatable bonds is 1. The van der Waals surface area contributed by atoms with E-state index in [-0.39, 0.29) is 11.8 Å². The van der Waals surface area contributed by atoms with Crippen LogP contribution in [0.4, 0.5) is 5.69 Å². The zero-order chi connectivity index (χ0) is 15.9. The second-order valence-corrected chi connectivity index (χ2v) is 6.20. The van der Waals surface area contributed by atoms with Crippen molar-refractivity contribution in [3.63, 3.8) is 0 Å². The number of para-hydroxylation sites is 1. The molecule has 116 valence electrons. The summed E-state index contributed by atoms with van der Waals surface area (Å²) in [6, 6.07) is 7.22. The third-order valence-corrected chi connectivity index (χ3v) is 5.17. The molecule has 5 rings (SSSR count). The van der Waals surface area contributed by atoms with E-state index in [0.29, 0.717) is 0 Å². The van der Waals surface area contributed by atoms with Crippen LogP contribution in [0.25, 0.3) is 0 Å². The highest BCUT2D eigenvalue weighted by molar-refractivity contribution is 6.14. The van der Waals surface area contributed by atoms with Gasteiger partial charge in [0.1, 0.15) is 12.1 Å². The number of carbonyl (C=O) groups excluding carboxylic acids is 4. The Morgan fingerprint density at radius 2 is 1.26 bits per heavy atom. The number of carbonyl (C=O) groups is 4. The molecule has 8 nitrogen and oxygen atoms in total. The molecule has 4 saturated heterocycles. The average molecular weight is 312 g/mol. The van der Waals surface area contributed by atoms with Crippen molar-refractivity contribution in [1.82, 2.24) is 15.6 Å².